The lowest BCUT2D eigenvalue weighted by atomic mass is 10.1. The molecule has 3 rings (SSSR count). The molecule has 0 bridgehead atoms. The summed E-state index contributed by atoms with van der Waals surface area (Å²) in [6.45, 7) is 5.13. The highest BCUT2D eigenvalue weighted by atomic mass is 16.5. The molecule has 98 valence electrons. The van der Waals surface area contributed by atoms with Gasteiger partial charge in [-0.2, -0.15) is 0 Å². The molecule has 19 heavy (non-hydrogen) atoms. The van der Waals surface area contributed by atoms with Gasteiger partial charge >= 0.3 is 5.97 Å². The van der Waals surface area contributed by atoms with Gasteiger partial charge in [0.25, 0.3) is 0 Å². The number of hydrogen-bond donors (Lipinski definition) is 0. The molecule has 1 aromatic heterocycles. The molecular formula is C16H17NO2. The highest BCUT2D eigenvalue weighted by molar-refractivity contribution is 5.82. The van der Waals surface area contributed by atoms with E-state index < -0.39 is 0 Å². The number of fused-ring (bicyclic) bond motifs is 1. The van der Waals surface area contributed by atoms with Gasteiger partial charge in [0.2, 0.25) is 0 Å². The number of rotatable bonds is 3. The van der Waals surface area contributed by atoms with Gasteiger partial charge in [-0.25, -0.2) is 0 Å². The Kier molecular flexibility index (Phi) is 2.90. The van der Waals surface area contributed by atoms with Crippen LogP contribution in [0.5, 0.6) is 5.75 Å². The zero-order chi connectivity index (χ0) is 13.4. The van der Waals surface area contributed by atoms with E-state index in [1.807, 2.05) is 6.07 Å². The molecule has 2 aromatic rings. The lowest BCUT2D eigenvalue weighted by Gasteiger charge is -2.10. The molecule has 0 aliphatic carbocycles. The number of carbonyl (C=O) groups excluding carboxylic acids is 1. The molecule has 0 unspecified atom stereocenters. The monoisotopic (exact) mass is 255 g/mol. The Morgan fingerprint density at radius 3 is 2.68 bits per heavy atom. The first-order chi connectivity index (χ1) is 9.19. The van der Waals surface area contributed by atoms with Crippen LogP contribution in [0, 0.1) is 6.92 Å². The average Bonchev–Trinajstić information content (AvgIpc) is 2.89. The minimum absolute atomic E-state index is 0.148. The van der Waals surface area contributed by atoms with Gasteiger partial charge in [0.05, 0.1) is 17.8 Å². The molecule has 0 radical (unpaired) electrons. The summed E-state index contributed by atoms with van der Waals surface area (Å²) in [5.41, 5.74) is 4.57. The van der Waals surface area contributed by atoms with Crippen molar-refractivity contribution in [3.8, 4) is 17.0 Å². The van der Waals surface area contributed by atoms with Gasteiger partial charge in [-0.15, -0.1) is 0 Å². The number of carbonyl (C=O) groups is 1. The van der Waals surface area contributed by atoms with Crippen molar-refractivity contribution < 1.29 is 9.53 Å². The van der Waals surface area contributed by atoms with Crippen LogP contribution in [0.4, 0.5) is 0 Å². The largest absolute Gasteiger partial charge is 0.424 e. The van der Waals surface area contributed by atoms with Crippen molar-refractivity contribution in [3.63, 3.8) is 0 Å². The standard InChI is InChI=1S/C16H17NO2/c1-3-8-17-13(12-6-4-11(2)5-7-12)9-15-14(17)10-16(18)19-15/h4-7,9H,3,8,10H2,1-2H3. The SMILES string of the molecule is CCCn1c(-c2ccc(C)cc2)cc2c1CC(=O)O2. The molecule has 0 saturated heterocycles. The number of hydrogen-bond acceptors (Lipinski definition) is 2. The van der Waals surface area contributed by atoms with Crippen LogP contribution in [0.2, 0.25) is 0 Å². The molecule has 1 aliphatic rings. The van der Waals surface area contributed by atoms with Crippen LogP contribution in [0.3, 0.4) is 0 Å². The summed E-state index contributed by atoms with van der Waals surface area (Å²) in [5.74, 6) is 0.583. The molecule has 1 aromatic carbocycles. The summed E-state index contributed by atoms with van der Waals surface area (Å²) >= 11 is 0. The second-order valence-corrected chi connectivity index (χ2v) is 5.01. The molecule has 0 saturated carbocycles. The molecule has 0 spiro atoms. The maximum Gasteiger partial charge on any atom is 0.317 e. The predicted octanol–water partition coefficient (Wildman–Crippen LogP) is 3.34. The second kappa shape index (κ2) is 4.57. The Balaban J connectivity index is 2.09. The zero-order valence-electron chi connectivity index (χ0n) is 11.3. The summed E-state index contributed by atoms with van der Waals surface area (Å²) in [5, 5.41) is 0. The average molecular weight is 255 g/mol. The summed E-state index contributed by atoms with van der Waals surface area (Å²) in [4.78, 5) is 11.4. The van der Waals surface area contributed by atoms with Crippen LogP contribution in [0.15, 0.2) is 30.3 Å². The molecule has 1 aliphatic heterocycles. The maximum absolute atomic E-state index is 11.4. The van der Waals surface area contributed by atoms with Crippen LogP contribution < -0.4 is 4.74 Å². The minimum Gasteiger partial charge on any atom is -0.424 e. The summed E-state index contributed by atoms with van der Waals surface area (Å²) in [7, 11) is 0. The Bertz CT molecular complexity index is 623. The van der Waals surface area contributed by atoms with Gasteiger partial charge in [0.1, 0.15) is 0 Å². The molecule has 0 amide bonds. The molecule has 0 N–H and O–H groups in total. The number of aromatic nitrogens is 1. The van der Waals surface area contributed by atoms with Crippen LogP contribution in [-0.4, -0.2) is 10.5 Å². The van der Waals surface area contributed by atoms with E-state index in [-0.39, 0.29) is 5.97 Å². The van der Waals surface area contributed by atoms with E-state index in [4.69, 9.17) is 4.74 Å². The van der Waals surface area contributed by atoms with E-state index in [0.717, 1.165) is 30.1 Å². The third kappa shape index (κ3) is 2.05. The first kappa shape index (κ1) is 12.0. The van der Waals surface area contributed by atoms with Crippen LogP contribution >= 0.6 is 0 Å². The summed E-state index contributed by atoms with van der Waals surface area (Å²) < 4.78 is 7.47. The molecule has 3 nitrogen and oxygen atoms in total. The van der Waals surface area contributed by atoms with E-state index in [1.165, 1.54) is 11.1 Å². The Hall–Kier alpha value is -2.03. The minimum atomic E-state index is -0.148. The van der Waals surface area contributed by atoms with Crippen molar-refractivity contribution in [2.45, 2.75) is 33.2 Å². The van der Waals surface area contributed by atoms with Crippen LogP contribution in [0.25, 0.3) is 11.3 Å². The van der Waals surface area contributed by atoms with Gasteiger partial charge < -0.3 is 9.30 Å². The number of nitrogens with zero attached hydrogens (tertiary/aromatic N) is 1. The van der Waals surface area contributed by atoms with E-state index in [9.17, 15) is 4.79 Å². The lowest BCUT2D eigenvalue weighted by molar-refractivity contribution is -0.131. The third-order valence-corrected chi connectivity index (χ3v) is 3.50. The van der Waals surface area contributed by atoms with Crippen molar-refractivity contribution in [2.24, 2.45) is 0 Å². The predicted molar refractivity (Wildman–Crippen MR) is 74.2 cm³/mol. The molecule has 0 atom stereocenters. The summed E-state index contributed by atoms with van der Waals surface area (Å²) in [6.07, 6.45) is 1.43. The number of benzene rings is 1. The second-order valence-electron chi connectivity index (χ2n) is 5.01. The van der Waals surface area contributed by atoms with Crippen molar-refractivity contribution >= 4 is 5.97 Å². The Labute approximate surface area is 112 Å². The number of ether oxygens (including phenoxy) is 1. The smallest absolute Gasteiger partial charge is 0.317 e. The van der Waals surface area contributed by atoms with E-state index >= 15 is 0 Å². The maximum atomic E-state index is 11.4. The zero-order valence-corrected chi connectivity index (χ0v) is 11.3. The molecule has 0 fully saturated rings. The fourth-order valence-corrected chi connectivity index (χ4v) is 2.57. The first-order valence-corrected chi connectivity index (χ1v) is 6.69. The van der Waals surface area contributed by atoms with Crippen molar-refractivity contribution in [3.05, 3.63) is 41.6 Å². The highest BCUT2D eigenvalue weighted by Gasteiger charge is 2.27. The van der Waals surface area contributed by atoms with Crippen LogP contribution in [0.1, 0.15) is 24.6 Å². The van der Waals surface area contributed by atoms with Crippen molar-refractivity contribution in [1.29, 1.82) is 0 Å². The number of esters is 1. The summed E-state index contributed by atoms with van der Waals surface area (Å²) in [6, 6.07) is 10.4. The molecular weight excluding hydrogens is 238 g/mol. The first-order valence-electron chi connectivity index (χ1n) is 6.69. The topological polar surface area (TPSA) is 31.2 Å². The van der Waals surface area contributed by atoms with Gasteiger partial charge in [0.15, 0.2) is 5.75 Å². The Morgan fingerprint density at radius 1 is 1.26 bits per heavy atom. The lowest BCUT2D eigenvalue weighted by Crippen LogP contribution is -2.07. The van der Waals surface area contributed by atoms with Crippen molar-refractivity contribution in [1.82, 2.24) is 4.57 Å². The van der Waals surface area contributed by atoms with E-state index in [1.54, 1.807) is 0 Å². The van der Waals surface area contributed by atoms with Gasteiger partial charge in [-0.05, 0) is 18.9 Å². The fraction of sp³-hybridized carbons (Fsp3) is 0.312. The van der Waals surface area contributed by atoms with Crippen molar-refractivity contribution in [2.75, 3.05) is 0 Å². The van der Waals surface area contributed by atoms with E-state index in [2.05, 4.69) is 42.7 Å². The number of aryl methyl sites for hydroxylation is 1. The van der Waals surface area contributed by atoms with Gasteiger partial charge in [-0.3, -0.25) is 4.79 Å². The van der Waals surface area contributed by atoms with Crippen LogP contribution in [-0.2, 0) is 17.8 Å². The Morgan fingerprint density at radius 2 is 2.00 bits per heavy atom. The van der Waals surface area contributed by atoms with Gasteiger partial charge in [-0.1, -0.05) is 36.8 Å². The molecule has 3 heteroatoms. The fourth-order valence-electron chi connectivity index (χ4n) is 2.57. The highest BCUT2D eigenvalue weighted by Crippen LogP contribution is 2.35. The quantitative estimate of drug-likeness (QED) is 0.788. The third-order valence-electron chi connectivity index (χ3n) is 3.50. The van der Waals surface area contributed by atoms with Gasteiger partial charge in [0, 0.05) is 12.6 Å². The van der Waals surface area contributed by atoms with E-state index in [0.29, 0.717) is 6.42 Å². The normalized spacial score (nSPS) is 13.5. The molecule has 2 heterocycles.